The fourth-order valence-electron chi connectivity index (χ4n) is 2.89. The molecule has 0 radical (unpaired) electrons. The molecule has 1 aliphatic rings. The first-order chi connectivity index (χ1) is 9.61. The van der Waals surface area contributed by atoms with Crippen molar-refractivity contribution in [2.75, 3.05) is 6.61 Å². The third kappa shape index (κ3) is 2.13. The van der Waals surface area contributed by atoms with Crippen LogP contribution in [0, 0.1) is 0 Å². The summed E-state index contributed by atoms with van der Waals surface area (Å²) in [5.74, 6) is 0. The molecule has 3 N–H and O–H groups in total. The third-order valence-electron chi connectivity index (χ3n) is 4.10. The second kappa shape index (κ2) is 5.18. The largest absolute Gasteiger partial charge is 0.394 e. The fourth-order valence-corrected chi connectivity index (χ4v) is 2.89. The average molecular weight is 277 g/mol. The first-order valence-corrected chi connectivity index (χ1v) is 6.77. The van der Waals surface area contributed by atoms with Crippen LogP contribution in [-0.2, 0) is 18.2 Å². The van der Waals surface area contributed by atoms with Gasteiger partial charge in [0.25, 0.3) is 0 Å². The van der Waals surface area contributed by atoms with E-state index >= 15 is 0 Å². The second-order valence-corrected chi connectivity index (χ2v) is 5.33. The van der Waals surface area contributed by atoms with Crippen LogP contribution in [-0.4, -0.2) is 50.9 Å². The van der Waals surface area contributed by atoms with E-state index in [2.05, 4.69) is 10.6 Å². The molecule has 2 heterocycles. The Labute approximate surface area is 117 Å². The first kappa shape index (κ1) is 13.6. The van der Waals surface area contributed by atoms with Gasteiger partial charge in [0.15, 0.2) is 0 Å². The van der Waals surface area contributed by atoms with Crippen molar-refractivity contribution >= 4 is 10.9 Å². The number of benzene rings is 1. The highest BCUT2D eigenvalue weighted by Gasteiger charge is 2.42. The Hall–Kier alpha value is -1.40. The fraction of sp³-hybridized carbons (Fsp3) is 0.467. The van der Waals surface area contributed by atoms with Gasteiger partial charge in [-0.2, -0.15) is 0 Å². The monoisotopic (exact) mass is 277 g/mol. The number of fused-ring (bicyclic) bond motifs is 1. The number of aryl methyl sites for hydroxylation is 1. The summed E-state index contributed by atoms with van der Waals surface area (Å²) >= 11 is 0. The quantitative estimate of drug-likeness (QED) is 0.749. The van der Waals surface area contributed by atoms with E-state index in [1.54, 1.807) is 0 Å². The van der Waals surface area contributed by atoms with E-state index in [0.29, 0.717) is 6.42 Å². The van der Waals surface area contributed by atoms with E-state index in [-0.39, 0.29) is 6.61 Å². The molecule has 0 spiro atoms. The SMILES string of the molecule is Cn1c(C[C@@H]2O[C@H](CO)[C@@H](O)[C@@H]2O)cc2ccccc21. The van der Waals surface area contributed by atoms with Gasteiger partial charge < -0.3 is 24.6 Å². The highest BCUT2D eigenvalue weighted by atomic mass is 16.6. The lowest BCUT2D eigenvalue weighted by Crippen LogP contribution is -2.34. The summed E-state index contributed by atoms with van der Waals surface area (Å²) in [5, 5.41) is 30.0. The van der Waals surface area contributed by atoms with E-state index in [1.165, 1.54) is 0 Å². The molecular formula is C15H19NO4. The molecule has 0 bridgehead atoms. The Balaban J connectivity index is 1.85. The molecule has 5 nitrogen and oxygen atoms in total. The molecule has 4 atom stereocenters. The number of aliphatic hydroxyl groups is 3. The molecule has 2 aromatic rings. The molecule has 5 heteroatoms. The predicted octanol–water partition coefficient (Wildman–Crippen LogP) is 0.202. The van der Waals surface area contributed by atoms with Gasteiger partial charge in [-0.15, -0.1) is 0 Å². The molecule has 0 aliphatic carbocycles. The zero-order valence-corrected chi connectivity index (χ0v) is 11.3. The highest BCUT2D eigenvalue weighted by molar-refractivity contribution is 5.81. The Morgan fingerprint density at radius 2 is 1.85 bits per heavy atom. The minimum absolute atomic E-state index is 0.288. The number of hydrogen-bond donors (Lipinski definition) is 3. The van der Waals surface area contributed by atoms with Gasteiger partial charge in [0.05, 0.1) is 12.7 Å². The smallest absolute Gasteiger partial charge is 0.111 e. The van der Waals surface area contributed by atoms with Crippen LogP contribution in [0.3, 0.4) is 0 Å². The number of hydrogen-bond acceptors (Lipinski definition) is 4. The van der Waals surface area contributed by atoms with Crippen LogP contribution in [0.4, 0.5) is 0 Å². The maximum atomic E-state index is 9.99. The molecule has 1 fully saturated rings. The van der Waals surface area contributed by atoms with Crippen molar-refractivity contribution in [3.8, 4) is 0 Å². The van der Waals surface area contributed by atoms with Crippen LogP contribution < -0.4 is 0 Å². The Bertz CT molecular complexity index is 609. The number of para-hydroxylation sites is 1. The van der Waals surface area contributed by atoms with Gasteiger partial charge >= 0.3 is 0 Å². The number of ether oxygens (including phenoxy) is 1. The number of rotatable bonds is 3. The molecule has 1 saturated heterocycles. The summed E-state index contributed by atoms with van der Waals surface area (Å²) < 4.78 is 7.59. The lowest BCUT2D eigenvalue weighted by molar-refractivity contribution is -0.0219. The summed E-state index contributed by atoms with van der Waals surface area (Å²) in [6.45, 7) is -0.288. The number of aliphatic hydroxyl groups excluding tert-OH is 3. The molecule has 0 saturated carbocycles. The van der Waals surface area contributed by atoms with Gasteiger partial charge in [-0.05, 0) is 17.5 Å². The zero-order chi connectivity index (χ0) is 14.3. The maximum absolute atomic E-state index is 9.99. The van der Waals surface area contributed by atoms with Crippen molar-refractivity contribution in [1.82, 2.24) is 4.57 Å². The van der Waals surface area contributed by atoms with Gasteiger partial charge in [-0.1, -0.05) is 18.2 Å². The minimum atomic E-state index is -1.03. The first-order valence-electron chi connectivity index (χ1n) is 6.77. The Morgan fingerprint density at radius 3 is 2.50 bits per heavy atom. The van der Waals surface area contributed by atoms with Gasteiger partial charge in [0.2, 0.25) is 0 Å². The summed E-state index contributed by atoms with van der Waals surface area (Å²) in [4.78, 5) is 0. The maximum Gasteiger partial charge on any atom is 0.111 e. The molecule has 1 aromatic carbocycles. The molecule has 0 amide bonds. The molecule has 0 unspecified atom stereocenters. The zero-order valence-electron chi connectivity index (χ0n) is 11.3. The molecule has 20 heavy (non-hydrogen) atoms. The van der Waals surface area contributed by atoms with Crippen molar-refractivity contribution in [2.45, 2.75) is 30.8 Å². The lowest BCUT2D eigenvalue weighted by Gasteiger charge is -2.15. The summed E-state index contributed by atoms with van der Waals surface area (Å²) in [6.07, 6.45) is -2.69. The molecule has 108 valence electrons. The van der Waals surface area contributed by atoms with E-state index in [0.717, 1.165) is 16.6 Å². The van der Waals surface area contributed by atoms with Crippen LogP contribution in [0.5, 0.6) is 0 Å². The van der Waals surface area contributed by atoms with Crippen LogP contribution in [0.25, 0.3) is 10.9 Å². The van der Waals surface area contributed by atoms with E-state index in [9.17, 15) is 10.2 Å². The van der Waals surface area contributed by atoms with Gasteiger partial charge in [0, 0.05) is 24.7 Å². The molecular weight excluding hydrogens is 258 g/mol. The van der Waals surface area contributed by atoms with E-state index in [4.69, 9.17) is 9.84 Å². The molecule has 1 aromatic heterocycles. The van der Waals surface area contributed by atoms with E-state index < -0.39 is 24.4 Å². The Kier molecular flexibility index (Phi) is 3.52. The summed E-state index contributed by atoms with van der Waals surface area (Å²) in [5.41, 5.74) is 2.15. The number of aromatic nitrogens is 1. The topological polar surface area (TPSA) is 74.9 Å². The van der Waals surface area contributed by atoms with Crippen molar-refractivity contribution in [1.29, 1.82) is 0 Å². The summed E-state index contributed by atoms with van der Waals surface area (Å²) in [7, 11) is 1.97. The van der Waals surface area contributed by atoms with Gasteiger partial charge in [-0.3, -0.25) is 0 Å². The van der Waals surface area contributed by atoms with Gasteiger partial charge in [0.1, 0.15) is 18.3 Å². The second-order valence-electron chi connectivity index (χ2n) is 5.33. The van der Waals surface area contributed by atoms with Gasteiger partial charge in [-0.25, -0.2) is 0 Å². The van der Waals surface area contributed by atoms with Crippen molar-refractivity contribution in [2.24, 2.45) is 7.05 Å². The summed E-state index contributed by atoms with van der Waals surface area (Å²) in [6, 6.07) is 10.1. The normalized spacial score (nSPS) is 30.2. The highest BCUT2D eigenvalue weighted by Crippen LogP contribution is 2.26. The lowest BCUT2D eigenvalue weighted by atomic mass is 10.0. The predicted molar refractivity (Wildman–Crippen MR) is 74.4 cm³/mol. The Morgan fingerprint density at radius 1 is 1.15 bits per heavy atom. The average Bonchev–Trinajstić information content (AvgIpc) is 2.92. The molecule has 1 aliphatic heterocycles. The molecule has 3 rings (SSSR count). The van der Waals surface area contributed by atoms with Crippen molar-refractivity contribution in [3.05, 3.63) is 36.0 Å². The van der Waals surface area contributed by atoms with Crippen LogP contribution in [0.15, 0.2) is 30.3 Å². The van der Waals surface area contributed by atoms with Crippen molar-refractivity contribution in [3.63, 3.8) is 0 Å². The third-order valence-corrected chi connectivity index (χ3v) is 4.10. The minimum Gasteiger partial charge on any atom is -0.394 e. The number of nitrogens with zero attached hydrogens (tertiary/aromatic N) is 1. The standard InChI is InChI=1S/C15H19NO4/c1-16-10(6-9-4-2-3-5-11(9)16)7-12-14(18)15(19)13(8-17)20-12/h2-6,12-15,17-19H,7-8H2,1H3/t12-,13+,14+,15+/m0/s1. The van der Waals surface area contributed by atoms with Crippen LogP contribution >= 0.6 is 0 Å². The van der Waals surface area contributed by atoms with E-state index in [1.807, 2.05) is 31.3 Å². The van der Waals surface area contributed by atoms with Crippen LogP contribution in [0.1, 0.15) is 5.69 Å². The van der Waals surface area contributed by atoms with Crippen LogP contribution in [0.2, 0.25) is 0 Å². The van der Waals surface area contributed by atoms with Crippen molar-refractivity contribution < 1.29 is 20.1 Å².